The number of hydrogen-bond acceptors (Lipinski definition) is 3. The molecular formula is C18H13Cl2N5. The lowest BCUT2D eigenvalue weighted by atomic mass is 10.2. The van der Waals surface area contributed by atoms with Crippen LogP contribution in [-0.4, -0.2) is 25.7 Å². The molecule has 0 atom stereocenters. The summed E-state index contributed by atoms with van der Waals surface area (Å²) in [5.74, 6) is 0. The highest BCUT2D eigenvalue weighted by Crippen LogP contribution is 2.25. The average molecular weight is 370 g/mol. The summed E-state index contributed by atoms with van der Waals surface area (Å²) in [5, 5.41) is 14.1. The van der Waals surface area contributed by atoms with Crippen LogP contribution >= 0.6 is 23.2 Å². The van der Waals surface area contributed by atoms with Gasteiger partial charge in [0.25, 0.3) is 0 Å². The van der Waals surface area contributed by atoms with Gasteiger partial charge in [0.05, 0.1) is 16.3 Å². The van der Waals surface area contributed by atoms with Crippen molar-refractivity contribution < 1.29 is 0 Å². The van der Waals surface area contributed by atoms with Crippen LogP contribution < -0.4 is 0 Å². The van der Waals surface area contributed by atoms with Crippen molar-refractivity contribution in [2.24, 2.45) is 5.10 Å². The lowest BCUT2D eigenvalue weighted by molar-refractivity contribution is 0.835. The van der Waals surface area contributed by atoms with Gasteiger partial charge in [0.2, 0.25) is 0 Å². The van der Waals surface area contributed by atoms with E-state index in [2.05, 4.69) is 38.2 Å². The van der Waals surface area contributed by atoms with E-state index in [4.69, 9.17) is 23.2 Å². The maximum Gasteiger partial charge on any atom is 0.141 e. The van der Waals surface area contributed by atoms with Gasteiger partial charge in [-0.15, -0.1) is 10.2 Å². The largest absolute Gasteiger partial charge is 0.342 e. The van der Waals surface area contributed by atoms with Crippen LogP contribution in [0.25, 0.3) is 10.9 Å². The molecule has 0 spiro atoms. The minimum Gasteiger partial charge on any atom is -0.342 e. The van der Waals surface area contributed by atoms with Crippen LogP contribution in [0.5, 0.6) is 0 Å². The Kier molecular flexibility index (Phi) is 4.26. The number of rotatable bonds is 4. The Hall–Kier alpha value is -2.63. The Morgan fingerprint density at radius 1 is 1.00 bits per heavy atom. The van der Waals surface area contributed by atoms with Crippen LogP contribution in [0.3, 0.4) is 0 Å². The molecule has 4 rings (SSSR count). The summed E-state index contributed by atoms with van der Waals surface area (Å²) in [6.07, 6.45) is 6.97. The van der Waals surface area contributed by atoms with Crippen LogP contribution in [0.4, 0.5) is 0 Å². The molecule has 0 radical (unpaired) electrons. The van der Waals surface area contributed by atoms with E-state index in [1.807, 2.05) is 30.3 Å². The van der Waals surface area contributed by atoms with Crippen molar-refractivity contribution in [1.29, 1.82) is 0 Å². The van der Waals surface area contributed by atoms with E-state index in [1.54, 1.807) is 23.5 Å². The van der Waals surface area contributed by atoms with Crippen molar-refractivity contribution in [2.45, 2.75) is 6.54 Å². The van der Waals surface area contributed by atoms with Crippen molar-refractivity contribution in [3.05, 3.63) is 82.5 Å². The third kappa shape index (κ3) is 3.29. The summed E-state index contributed by atoms with van der Waals surface area (Å²) >= 11 is 12.1. The van der Waals surface area contributed by atoms with Gasteiger partial charge >= 0.3 is 0 Å². The smallest absolute Gasteiger partial charge is 0.141 e. The van der Waals surface area contributed by atoms with E-state index in [9.17, 15) is 0 Å². The molecule has 25 heavy (non-hydrogen) atoms. The number of para-hydroxylation sites is 1. The quantitative estimate of drug-likeness (QED) is 0.498. The maximum atomic E-state index is 6.13. The number of benzene rings is 2. The molecule has 0 bridgehead atoms. The molecule has 0 aliphatic carbocycles. The van der Waals surface area contributed by atoms with Gasteiger partial charge in [-0.2, -0.15) is 5.10 Å². The monoisotopic (exact) mass is 369 g/mol. The van der Waals surface area contributed by atoms with Crippen LogP contribution in [-0.2, 0) is 6.54 Å². The predicted octanol–water partition coefficient (Wildman–Crippen LogP) is 4.47. The molecule has 0 N–H and O–H groups in total. The molecule has 0 fully saturated rings. The second-order valence-electron chi connectivity index (χ2n) is 5.56. The number of nitrogens with zero attached hydrogens (tertiary/aromatic N) is 5. The Balaban J connectivity index is 1.72. The first-order chi connectivity index (χ1) is 12.2. The zero-order chi connectivity index (χ0) is 17.2. The minimum absolute atomic E-state index is 0.560. The molecule has 7 heteroatoms. The van der Waals surface area contributed by atoms with E-state index < -0.39 is 0 Å². The fraction of sp³-hybridized carbons (Fsp3) is 0.0556. The lowest BCUT2D eigenvalue weighted by Crippen LogP contribution is -1.97. The van der Waals surface area contributed by atoms with Gasteiger partial charge in [0.15, 0.2) is 0 Å². The fourth-order valence-corrected chi connectivity index (χ4v) is 3.05. The van der Waals surface area contributed by atoms with E-state index in [1.165, 1.54) is 0 Å². The zero-order valence-electron chi connectivity index (χ0n) is 13.0. The molecule has 0 aliphatic rings. The normalized spacial score (nSPS) is 11.6. The van der Waals surface area contributed by atoms with Gasteiger partial charge in [0.1, 0.15) is 12.7 Å². The van der Waals surface area contributed by atoms with Crippen LogP contribution in [0.2, 0.25) is 10.0 Å². The van der Waals surface area contributed by atoms with E-state index in [0.29, 0.717) is 16.6 Å². The van der Waals surface area contributed by atoms with Gasteiger partial charge in [0, 0.05) is 29.2 Å². The number of halogens is 2. The van der Waals surface area contributed by atoms with E-state index in [0.717, 1.165) is 22.0 Å². The molecule has 2 aromatic heterocycles. The first-order valence-electron chi connectivity index (χ1n) is 7.61. The number of fused-ring (bicyclic) bond motifs is 1. The van der Waals surface area contributed by atoms with E-state index in [-0.39, 0.29) is 0 Å². The molecule has 4 aromatic rings. The van der Waals surface area contributed by atoms with Crippen LogP contribution in [0.15, 0.2) is 66.4 Å². The molecule has 124 valence electrons. The molecule has 2 aromatic carbocycles. The van der Waals surface area contributed by atoms with Gasteiger partial charge < -0.3 is 4.57 Å². The maximum absolute atomic E-state index is 6.13. The van der Waals surface area contributed by atoms with Crippen LogP contribution in [0.1, 0.15) is 11.1 Å². The third-order valence-corrected chi connectivity index (χ3v) is 4.63. The highest BCUT2D eigenvalue weighted by Gasteiger charge is 2.08. The predicted molar refractivity (Wildman–Crippen MR) is 101 cm³/mol. The average Bonchev–Trinajstić information content (AvgIpc) is 3.25. The first kappa shape index (κ1) is 15.9. The molecule has 0 unspecified atom stereocenters. The zero-order valence-corrected chi connectivity index (χ0v) is 14.6. The fourth-order valence-electron chi connectivity index (χ4n) is 2.73. The van der Waals surface area contributed by atoms with Gasteiger partial charge in [-0.25, -0.2) is 4.68 Å². The summed E-state index contributed by atoms with van der Waals surface area (Å²) in [7, 11) is 0. The summed E-state index contributed by atoms with van der Waals surface area (Å²) < 4.78 is 3.73. The summed E-state index contributed by atoms with van der Waals surface area (Å²) in [4.78, 5) is 0. The van der Waals surface area contributed by atoms with Crippen molar-refractivity contribution >= 4 is 40.3 Å². The molecular weight excluding hydrogens is 357 g/mol. The molecule has 0 aliphatic heterocycles. The minimum atomic E-state index is 0.560. The van der Waals surface area contributed by atoms with Gasteiger partial charge in [-0.3, -0.25) is 0 Å². The van der Waals surface area contributed by atoms with Gasteiger partial charge in [-0.05, 0) is 23.8 Å². The van der Waals surface area contributed by atoms with Crippen molar-refractivity contribution in [3.8, 4) is 0 Å². The standard InChI is InChI=1S/C18H13Cl2N5/c19-16-6-5-13(7-17(16)20)9-24-10-14(8-23-25-11-21-22-12-25)15-3-1-2-4-18(15)24/h1-8,10-12H,9H2/b23-8-. The number of aromatic nitrogens is 4. The number of hydrogen-bond donors (Lipinski definition) is 0. The lowest BCUT2D eigenvalue weighted by Gasteiger charge is -2.06. The Morgan fingerprint density at radius 2 is 1.80 bits per heavy atom. The first-order valence-corrected chi connectivity index (χ1v) is 8.37. The summed E-state index contributed by atoms with van der Waals surface area (Å²) in [6.45, 7) is 0.692. The third-order valence-electron chi connectivity index (χ3n) is 3.89. The Labute approximate surface area is 154 Å². The SMILES string of the molecule is Clc1ccc(Cn2cc(/C=N\n3cnnc3)c3ccccc32)cc1Cl. The topological polar surface area (TPSA) is 48.0 Å². The van der Waals surface area contributed by atoms with E-state index >= 15 is 0 Å². The second kappa shape index (κ2) is 6.70. The highest BCUT2D eigenvalue weighted by atomic mass is 35.5. The highest BCUT2D eigenvalue weighted by molar-refractivity contribution is 6.42. The Bertz CT molecular complexity index is 1050. The van der Waals surface area contributed by atoms with Gasteiger partial charge in [-0.1, -0.05) is 47.5 Å². The van der Waals surface area contributed by atoms with Crippen molar-refractivity contribution in [1.82, 2.24) is 19.4 Å². The Morgan fingerprint density at radius 3 is 2.60 bits per heavy atom. The molecule has 0 saturated heterocycles. The van der Waals surface area contributed by atoms with Crippen molar-refractivity contribution in [3.63, 3.8) is 0 Å². The second-order valence-corrected chi connectivity index (χ2v) is 6.38. The van der Waals surface area contributed by atoms with Crippen molar-refractivity contribution in [2.75, 3.05) is 0 Å². The van der Waals surface area contributed by atoms with Crippen LogP contribution in [0, 0.1) is 0 Å². The molecule has 0 saturated carbocycles. The summed E-state index contributed by atoms with van der Waals surface area (Å²) in [5.41, 5.74) is 3.22. The molecule has 2 heterocycles. The molecule has 0 amide bonds. The summed E-state index contributed by atoms with van der Waals surface area (Å²) in [6, 6.07) is 13.9. The molecule has 5 nitrogen and oxygen atoms in total.